The van der Waals surface area contributed by atoms with E-state index < -0.39 is 8.07 Å². The number of alkyl halides is 1. The fourth-order valence-corrected chi connectivity index (χ4v) is 9.02. The van der Waals surface area contributed by atoms with Gasteiger partial charge in [-0.15, -0.1) is 0 Å². The molecule has 0 spiro atoms. The summed E-state index contributed by atoms with van der Waals surface area (Å²) in [5.41, 5.74) is 0. The molecule has 0 radical (unpaired) electrons. The van der Waals surface area contributed by atoms with E-state index in [4.69, 9.17) is 0 Å². The zero-order valence-corrected chi connectivity index (χ0v) is 11.4. The van der Waals surface area contributed by atoms with Crippen molar-refractivity contribution in [2.24, 2.45) is 0 Å². The summed E-state index contributed by atoms with van der Waals surface area (Å²) in [4.78, 5) is 1.33. The Bertz CT molecular complexity index is 87.0. The van der Waals surface area contributed by atoms with Crippen molar-refractivity contribution >= 4 is 24.0 Å². The van der Waals surface area contributed by atoms with Crippen LogP contribution < -0.4 is 0 Å². The van der Waals surface area contributed by atoms with E-state index in [1.165, 1.54) is 42.3 Å². The van der Waals surface area contributed by atoms with Crippen molar-refractivity contribution in [1.82, 2.24) is 0 Å². The summed E-state index contributed by atoms with van der Waals surface area (Å²) in [5.74, 6) is 0. The fraction of sp³-hybridized carbons (Fsp3) is 1.00. The van der Waals surface area contributed by atoms with Gasteiger partial charge < -0.3 is 0 Å². The Morgan fingerprint density at radius 2 is 1.17 bits per heavy atom. The molecule has 0 aromatic heterocycles. The molecule has 0 fully saturated rings. The van der Waals surface area contributed by atoms with Gasteiger partial charge in [0.05, 0.1) is 8.07 Å². The highest BCUT2D eigenvalue weighted by molar-refractivity contribution is 9.09. The highest BCUT2D eigenvalue weighted by Gasteiger charge is 2.28. The Kier molecular flexibility index (Phi) is 7.55. The third-order valence-electron chi connectivity index (χ3n) is 2.62. The third kappa shape index (κ3) is 4.08. The average Bonchev–Trinajstić information content (AvgIpc) is 2.06. The minimum absolute atomic E-state index is 0.853. The minimum atomic E-state index is -0.853. The summed E-state index contributed by atoms with van der Waals surface area (Å²) in [5, 5.41) is 0. The molecular formula is C10H23BrSi. The maximum absolute atomic E-state index is 3.74. The van der Waals surface area contributed by atoms with Gasteiger partial charge in [-0.25, -0.2) is 0 Å². The van der Waals surface area contributed by atoms with E-state index in [-0.39, 0.29) is 0 Å². The molecule has 0 aliphatic rings. The van der Waals surface area contributed by atoms with Crippen molar-refractivity contribution in [1.29, 1.82) is 0 Å². The third-order valence-corrected chi connectivity index (χ3v) is 11.4. The van der Waals surface area contributed by atoms with Gasteiger partial charge in [-0.05, 0) is 4.95 Å². The molecule has 0 aromatic carbocycles. The zero-order chi connectivity index (χ0) is 9.45. The lowest BCUT2D eigenvalue weighted by atomic mass is 10.5. The van der Waals surface area contributed by atoms with Gasteiger partial charge in [0.1, 0.15) is 0 Å². The number of rotatable bonds is 7. The van der Waals surface area contributed by atoms with Gasteiger partial charge in [0.25, 0.3) is 0 Å². The van der Waals surface area contributed by atoms with Crippen LogP contribution in [0.15, 0.2) is 0 Å². The fourth-order valence-electron chi connectivity index (χ4n) is 2.17. The lowest BCUT2D eigenvalue weighted by Crippen LogP contribution is -2.35. The van der Waals surface area contributed by atoms with Crippen molar-refractivity contribution in [2.45, 2.75) is 58.2 Å². The standard InChI is InChI=1S/C10H23BrSi/c1-4-7-12(10-11,8-5-2)9-6-3/h4-10H2,1-3H3. The quantitative estimate of drug-likeness (QED) is 0.458. The summed E-state index contributed by atoms with van der Waals surface area (Å²) in [6.45, 7) is 6.99. The maximum Gasteiger partial charge on any atom is 0.0648 e. The Morgan fingerprint density at radius 1 is 0.833 bits per heavy atom. The van der Waals surface area contributed by atoms with Crippen molar-refractivity contribution in [2.75, 3.05) is 4.95 Å². The molecule has 0 heterocycles. The minimum Gasteiger partial charge on any atom is -0.0961 e. The number of hydrogen-bond acceptors (Lipinski definition) is 0. The first-order valence-electron chi connectivity index (χ1n) is 5.30. The highest BCUT2D eigenvalue weighted by atomic mass is 79.9. The first kappa shape index (κ1) is 12.7. The smallest absolute Gasteiger partial charge is 0.0648 e. The van der Waals surface area contributed by atoms with Crippen LogP contribution >= 0.6 is 15.9 Å². The maximum atomic E-state index is 3.74. The Morgan fingerprint density at radius 3 is 1.33 bits per heavy atom. The van der Waals surface area contributed by atoms with Crippen molar-refractivity contribution in [3.05, 3.63) is 0 Å². The largest absolute Gasteiger partial charge is 0.0961 e. The molecule has 0 atom stereocenters. The molecule has 0 unspecified atom stereocenters. The second-order valence-electron chi connectivity index (χ2n) is 3.88. The first-order valence-corrected chi connectivity index (χ1v) is 9.25. The predicted molar refractivity (Wildman–Crippen MR) is 64.8 cm³/mol. The monoisotopic (exact) mass is 250 g/mol. The molecule has 2 heteroatoms. The second kappa shape index (κ2) is 7.13. The van der Waals surface area contributed by atoms with Crippen molar-refractivity contribution in [3.63, 3.8) is 0 Å². The van der Waals surface area contributed by atoms with Crippen LogP contribution in [-0.4, -0.2) is 13.0 Å². The molecular weight excluding hydrogens is 228 g/mol. The van der Waals surface area contributed by atoms with Gasteiger partial charge in [0.15, 0.2) is 0 Å². The van der Waals surface area contributed by atoms with E-state index in [0.29, 0.717) is 0 Å². The molecule has 0 aromatic rings. The van der Waals surface area contributed by atoms with E-state index >= 15 is 0 Å². The predicted octanol–water partition coefficient (Wildman–Crippen LogP) is 4.60. The van der Waals surface area contributed by atoms with Crippen molar-refractivity contribution in [3.8, 4) is 0 Å². The van der Waals surface area contributed by atoms with Crippen LogP contribution in [0.25, 0.3) is 0 Å². The summed E-state index contributed by atoms with van der Waals surface area (Å²) in [6.07, 6.45) is 4.16. The van der Waals surface area contributed by atoms with Crippen LogP contribution in [-0.2, 0) is 0 Å². The second-order valence-corrected chi connectivity index (χ2v) is 10.3. The lowest BCUT2D eigenvalue weighted by Gasteiger charge is -2.28. The van der Waals surface area contributed by atoms with Crippen LogP contribution in [0.5, 0.6) is 0 Å². The van der Waals surface area contributed by atoms with Gasteiger partial charge in [0, 0.05) is 0 Å². The molecule has 0 saturated heterocycles. The summed E-state index contributed by atoms with van der Waals surface area (Å²) >= 11 is 3.74. The molecule has 74 valence electrons. The van der Waals surface area contributed by atoms with Crippen LogP contribution in [0.3, 0.4) is 0 Å². The van der Waals surface area contributed by atoms with Gasteiger partial charge in [-0.2, -0.15) is 0 Å². The molecule has 0 bridgehead atoms. The van der Waals surface area contributed by atoms with Crippen molar-refractivity contribution < 1.29 is 0 Å². The van der Waals surface area contributed by atoms with Gasteiger partial charge in [-0.1, -0.05) is 74.1 Å². The topological polar surface area (TPSA) is 0 Å². The Hall–Kier alpha value is 0.697. The van der Waals surface area contributed by atoms with Gasteiger partial charge >= 0.3 is 0 Å². The average molecular weight is 251 g/mol. The lowest BCUT2D eigenvalue weighted by molar-refractivity contribution is 0.927. The molecule has 0 aliphatic heterocycles. The Balaban J connectivity index is 4.06. The first-order chi connectivity index (χ1) is 5.74. The highest BCUT2D eigenvalue weighted by Crippen LogP contribution is 2.27. The normalized spacial score (nSPS) is 12.0. The summed E-state index contributed by atoms with van der Waals surface area (Å²) < 4.78 is 0. The van der Waals surface area contributed by atoms with E-state index in [2.05, 4.69) is 36.7 Å². The van der Waals surface area contributed by atoms with E-state index in [0.717, 1.165) is 0 Å². The summed E-state index contributed by atoms with van der Waals surface area (Å²) in [6, 6.07) is 4.58. The molecule has 12 heavy (non-hydrogen) atoms. The molecule has 0 N–H and O–H groups in total. The van der Waals surface area contributed by atoms with Gasteiger partial charge in [-0.3, -0.25) is 0 Å². The zero-order valence-electron chi connectivity index (χ0n) is 8.83. The molecule has 0 rings (SSSR count). The number of halogens is 1. The van der Waals surface area contributed by atoms with Crippen LogP contribution in [0.4, 0.5) is 0 Å². The molecule has 0 saturated carbocycles. The van der Waals surface area contributed by atoms with Gasteiger partial charge in [0.2, 0.25) is 0 Å². The van der Waals surface area contributed by atoms with Crippen LogP contribution in [0.2, 0.25) is 18.1 Å². The molecule has 0 nitrogen and oxygen atoms in total. The molecule has 0 amide bonds. The SMILES string of the molecule is CCC[Si](CBr)(CCC)CCC. The van der Waals surface area contributed by atoms with E-state index in [9.17, 15) is 0 Å². The van der Waals surface area contributed by atoms with Crippen LogP contribution in [0, 0.1) is 0 Å². The molecule has 0 aliphatic carbocycles. The number of hydrogen-bond donors (Lipinski definition) is 0. The van der Waals surface area contributed by atoms with E-state index in [1.807, 2.05) is 0 Å². The van der Waals surface area contributed by atoms with Crippen LogP contribution in [0.1, 0.15) is 40.0 Å². The van der Waals surface area contributed by atoms with E-state index in [1.54, 1.807) is 0 Å². The Labute approximate surface area is 87.3 Å². The summed E-state index contributed by atoms with van der Waals surface area (Å²) in [7, 11) is -0.853.